The quantitative estimate of drug-likeness (QED) is 0.853. The molecule has 0 atom stereocenters. The van der Waals surface area contributed by atoms with Gasteiger partial charge in [0.1, 0.15) is 12.4 Å². The van der Waals surface area contributed by atoms with Crippen molar-refractivity contribution in [3.63, 3.8) is 0 Å². The lowest BCUT2D eigenvalue weighted by Crippen LogP contribution is -2.10. The lowest BCUT2D eigenvalue weighted by atomic mass is 10.2. The molecule has 1 aromatic heterocycles. The fourth-order valence-electron chi connectivity index (χ4n) is 1.72. The summed E-state index contributed by atoms with van der Waals surface area (Å²) >= 11 is 0. The lowest BCUT2D eigenvalue weighted by molar-refractivity contribution is 0.328. The highest BCUT2D eigenvalue weighted by Crippen LogP contribution is 2.18. The Bertz CT molecular complexity index is 479. The molecule has 0 aliphatic rings. The second kappa shape index (κ2) is 5.50. The van der Waals surface area contributed by atoms with Crippen molar-refractivity contribution in [1.82, 2.24) is 9.55 Å². The molecule has 1 heterocycles. The number of aromatic nitrogens is 2. The minimum atomic E-state index is 0.523. The molecule has 0 radical (unpaired) electrons. The minimum Gasteiger partial charge on any atom is -0.492 e. The molecule has 17 heavy (non-hydrogen) atoms. The highest BCUT2D eigenvalue weighted by atomic mass is 16.5. The molecular weight excluding hydrogens is 214 g/mol. The van der Waals surface area contributed by atoms with Crippen molar-refractivity contribution >= 4 is 0 Å². The van der Waals surface area contributed by atoms with Crippen molar-refractivity contribution in [1.29, 1.82) is 0 Å². The second-order valence-corrected chi connectivity index (χ2v) is 3.74. The Morgan fingerprint density at radius 3 is 3.06 bits per heavy atom. The van der Waals surface area contributed by atoms with E-state index < -0.39 is 0 Å². The zero-order valence-corrected chi connectivity index (χ0v) is 9.97. The van der Waals surface area contributed by atoms with E-state index in [4.69, 9.17) is 10.5 Å². The van der Waals surface area contributed by atoms with Crippen LogP contribution in [0.4, 0.5) is 0 Å². The maximum absolute atomic E-state index is 5.51. The maximum atomic E-state index is 5.51. The number of nitrogens with zero attached hydrogens (tertiary/aromatic N) is 2. The van der Waals surface area contributed by atoms with Crippen LogP contribution in [0, 0.1) is 0 Å². The molecule has 1 aromatic carbocycles. The van der Waals surface area contributed by atoms with E-state index in [-0.39, 0.29) is 0 Å². The molecule has 2 rings (SSSR count). The van der Waals surface area contributed by atoms with Crippen LogP contribution < -0.4 is 10.5 Å². The van der Waals surface area contributed by atoms with E-state index in [1.165, 1.54) is 5.69 Å². The summed E-state index contributed by atoms with van der Waals surface area (Å²) in [5.74, 6) is 0.837. The van der Waals surface area contributed by atoms with Crippen LogP contribution in [-0.4, -0.2) is 22.7 Å². The summed E-state index contributed by atoms with van der Waals surface area (Å²) in [6, 6.07) is 7.94. The number of aryl methyl sites for hydroxylation is 1. The summed E-state index contributed by atoms with van der Waals surface area (Å²) in [6.45, 7) is 3.17. The van der Waals surface area contributed by atoms with E-state index in [1.807, 2.05) is 36.8 Å². The van der Waals surface area contributed by atoms with Gasteiger partial charge in [0.25, 0.3) is 0 Å². The van der Waals surface area contributed by atoms with Crippen molar-refractivity contribution in [3.05, 3.63) is 42.5 Å². The Morgan fingerprint density at radius 2 is 2.29 bits per heavy atom. The van der Waals surface area contributed by atoms with Crippen LogP contribution >= 0.6 is 0 Å². The number of hydrogen-bond donors (Lipinski definition) is 1. The van der Waals surface area contributed by atoms with Crippen LogP contribution in [0.2, 0.25) is 0 Å². The molecule has 0 unspecified atom stereocenters. The number of rotatable bonds is 5. The fourth-order valence-corrected chi connectivity index (χ4v) is 1.72. The van der Waals surface area contributed by atoms with Gasteiger partial charge in [-0.05, 0) is 18.6 Å². The zero-order valence-electron chi connectivity index (χ0n) is 9.97. The van der Waals surface area contributed by atoms with Crippen LogP contribution in [-0.2, 0) is 6.42 Å². The molecule has 0 aliphatic heterocycles. The van der Waals surface area contributed by atoms with E-state index in [1.54, 1.807) is 0 Å². The number of hydrogen-bond acceptors (Lipinski definition) is 3. The van der Waals surface area contributed by atoms with Crippen molar-refractivity contribution < 1.29 is 4.74 Å². The molecule has 2 aromatic rings. The summed E-state index contributed by atoms with van der Waals surface area (Å²) in [5, 5.41) is 0. The minimum absolute atomic E-state index is 0.523. The number of ether oxygens (including phenoxy) is 1. The molecule has 0 saturated heterocycles. The summed E-state index contributed by atoms with van der Waals surface area (Å²) in [4.78, 5) is 4.16. The zero-order chi connectivity index (χ0) is 12.1. The molecular formula is C13H17N3O. The van der Waals surface area contributed by atoms with E-state index in [9.17, 15) is 0 Å². The molecule has 0 amide bonds. The van der Waals surface area contributed by atoms with Gasteiger partial charge < -0.3 is 15.0 Å². The summed E-state index contributed by atoms with van der Waals surface area (Å²) in [5.41, 5.74) is 7.66. The van der Waals surface area contributed by atoms with Crippen LogP contribution in [0.5, 0.6) is 5.75 Å². The van der Waals surface area contributed by atoms with Gasteiger partial charge in [0.15, 0.2) is 0 Å². The van der Waals surface area contributed by atoms with Gasteiger partial charge in [0.05, 0.1) is 12.0 Å². The highest BCUT2D eigenvalue weighted by molar-refractivity contribution is 5.40. The van der Waals surface area contributed by atoms with Gasteiger partial charge in [0.2, 0.25) is 0 Å². The Morgan fingerprint density at radius 1 is 1.41 bits per heavy atom. The topological polar surface area (TPSA) is 53.1 Å². The van der Waals surface area contributed by atoms with Crippen LogP contribution in [0.25, 0.3) is 5.69 Å². The smallest absolute Gasteiger partial charge is 0.121 e. The Labute approximate surface area is 101 Å². The Kier molecular flexibility index (Phi) is 3.77. The van der Waals surface area contributed by atoms with Crippen LogP contribution in [0.3, 0.4) is 0 Å². The van der Waals surface area contributed by atoms with E-state index >= 15 is 0 Å². The number of nitrogens with two attached hydrogens (primary N) is 1. The van der Waals surface area contributed by atoms with E-state index in [2.05, 4.69) is 16.5 Å². The molecule has 90 valence electrons. The van der Waals surface area contributed by atoms with Gasteiger partial charge in [0, 0.05) is 24.5 Å². The third kappa shape index (κ3) is 2.65. The molecule has 0 bridgehead atoms. The van der Waals surface area contributed by atoms with Gasteiger partial charge in [-0.15, -0.1) is 0 Å². The van der Waals surface area contributed by atoms with Crippen molar-refractivity contribution in [2.24, 2.45) is 5.73 Å². The molecule has 0 spiro atoms. The van der Waals surface area contributed by atoms with Crippen molar-refractivity contribution in [3.8, 4) is 11.4 Å². The fraction of sp³-hybridized carbons (Fsp3) is 0.308. The first-order valence-electron chi connectivity index (χ1n) is 5.79. The average molecular weight is 231 g/mol. The summed E-state index contributed by atoms with van der Waals surface area (Å²) < 4.78 is 7.57. The van der Waals surface area contributed by atoms with Gasteiger partial charge >= 0.3 is 0 Å². The van der Waals surface area contributed by atoms with Crippen LogP contribution in [0.1, 0.15) is 12.6 Å². The summed E-state index contributed by atoms with van der Waals surface area (Å²) in [7, 11) is 0. The number of benzene rings is 1. The van der Waals surface area contributed by atoms with Crippen molar-refractivity contribution in [2.75, 3.05) is 13.2 Å². The van der Waals surface area contributed by atoms with E-state index in [0.717, 1.165) is 17.9 Å². The van der Waals surface area contributed by atoms with E-state index in [0.29, 0.717) is 13.2 Å². The Hall–Kier alpha value is -1.81. The molecule has 0 fully saturated rings. The SMILES string of the molecule is CCc1cncn1-c1cccc(OCCN)c1. The molecule has 0 saturated carbocycles. The molecule has 4 nitrogen and oxygen atoms in total. The number of imidazole rings is 1. The molecule has 0 aliphatic carbocycles. The normalized spacial score (nSPS) is 10.5. The third-order valence-electron chi connectivity index (χ3n) is 2.56. The first-order chi connectivity index (χ1) is 8.35. The molecule has 2 N–H and O–H groups in total. The predicted molar refractivity (Wildman–Crippen MR) is 67.5 cm³/mol. The monoisotopic (exact) mass is 231 g/mol. The standard InChI is InChI=1S/C13H17N3O/c1-2-11-9-15-10-16(11)12-4-3-5-13(8-12)17-7-6-14/h3-5,8-10H,2,6-7,14H2,1H3. The maximum Gasteiger partial charge on any atom is 0.121 e. The Balaban J connectivity index is 2.26. The third-order valence-corrected chi connectivity index (χ3v) is 2.56. The highest BCUT2D eigenvalue weighted by Gasteiger charge is 2.03. The van der Waals surface area contributed by atoms with Gasteiger partial charge in [-0.2, -0.15) is 0 Å². The first kappa shape index (κ1) is 11.7. The molecule has 4 heteroatoms. The largest absolute Gasteiger partial charge is 0.492 e. The summed E-state index contributed by atoms with van der Waals surface area (Å²) in [6.07, 6.45) is 4.65. The van der Waals surface area contributed by atoms with Crippen molar-refractivity contribution in [2.45, 2.75) is 13.3 Å². The first-order valence-corrected chi connectivity index (χ1v) is 5.79. The van der Waals surface area contributed by atoms with Crippen LogP contribution in [0.15, 0.2) is 36.8 Å². The predicted octanol–water partition coefficient (Wildman–Crippen LogP) is 1.77. The lowest BCUT2D eigenvalue weighted by Gasteiger charge is -2.09. The van der Waals surface area contributed by atoms with Gasteiger partial charge in [-0.25, -0.2) is 4.98 Å². The average Bonchev–Trinajstić information content (AvgIpc) is 2.85. The second-order valence-electron chi connectivity index (χ2n) is 3.74. The van der Waals surface area contributed by atoms with Gasteiger partial charge in [-0.3, -0.25) is 0 Å². The van der Waals surface area contributed by atoms with Gasteiger partial charge in [-0.1, -0.05) is 13.0 Å².